The Morgan fingerprint density at radius 3 is 2.22 bits per heavy atom. The molecule has 2 bridgehead atoms. The topological polar surface area (TPSA) is 169 Å². The van der Waals surface area contributed by atoms with Gasteiger partial charge in [-0.25, -0.2) is 14.8 Å². The number of nitrogen functional groups attached to an aromatic ring is 1. The molecule has 286 valence electrons. The fourth-order valence-electron chi connectivity index (χ4n) is 8.69. The van der Waals surface area contributed by atoms with E-state index in [9.17, 15) is 19.5 Å². The molecular weight excluding hydrogens is 697 g/mol. The van der Waals surface area contributed by atoms with E-state index in [1.807, 2.05) is 36.7 Å². The van der Waals surface area contributed by atoms with E-state index in [-0.39, 0.29) is 41.8 Å². The molecular formula is C41H48N10O4. The van der Waals surface area contributed by atoms with Crippen molar-refractivity contribution in [3.8, 4) is 17.0 Å². The molecule has 2 amide bonds. The van der Waals surface area contributed by atoms with E-state index >= 15 is 0 Å². The van der Waals surface area contributed by atoms with Crippen LogP contribution in [0.5, 0.6) is 5.75 Å². The number of carbonyl (C=O) groups is 2. The molecule has 55 heavy (non-hydrogen) atoms. The van der Waals surface area contributed by atoms with Gasteiger partial charge in [0.25, 0.3) is 5.91 Å². The Bertz CT molecular complexity index is 2270. The van der Waals surface area contributed by atoms with Gasteiger partial charge in [0.05, 0.1) is 22.4 Å². The third kappa shape index (κ3) is 7.01. The molecule has 0 radical (unpaired) electrons. The first-order valence-electron chi connectivity index (χ1n) is 19.4. The van der Waals surface area contributed by atoms with Crippen LogP contribution in [0.25, 0.3) is 22.3 Å². The van der Waals surface area contributed by atoms with Crippen molar-refractivity contribution >= 4 is 40.3 Å². The highest BCUT2D eigenvalue weighted by Gasteiger charge is 2.42. The summed E-state index contributed by atoms with van der Waals surface area (Å²) >= 11 is 0. The SMILES string of the molecule is CN1C(=O)CCC(n2c(=O)n(C)c3cc(CCCCCCCc4cnc(N5C6CCC5CN(c5cc(-c7ccccc7O)nnc5N)C6)nc4)ccc32)C1=O. The van der Waals surface area contributed by atoms with Crippen LogP contribution in [0, 0.1) is 0 Å². The fourth-order valence-corrected chi connectivity index (χ4v) is 8.69. The zero-order valence-corrected chi connectivity index (χ0v) is 31.5. The minimum atomic E-state index is -0.656. The number of piperidine rings is 1. The standard InChI is InChI=1S/C41H48N10O4/c1-47-34-20-26(14-17-32(34)51(41(47)55)33-18-19-37(53)48(2)39(33)54)10-6-4-3-5-7-11-27-22-43-40(44-23-27)50-28-15-16-29(50)25-49(24-28)35-21-31(45-46-38(35)42)30-12-8-9-13-36(30)52/h8-9,12-14,17,20-23,28-29,33,52H,3-7,10-11,15-16,18-19,24-25H2,1-2H3,(H2,42,46). The van der Waals surface area contributed by atoms with E-state index < -0.39 is 6.04 Å². The number of likely N-dealkylation sites (tertiary alicyclic amines) is 1. The summed E-state index contributed by atoms with van der Waals surface area (Å²) < 4.78 is 3.17. The number of phenols is 1. The van der Waals surface area contributed by atoms with Crippen LogP contribution < -0.4 is 21.2 Å². The first kappa shape index (κ1) is 36.2. The van der Waals surface area contributed by atoms with Crippen molar-refractivity contribution in [3.05, 3.63) is 82.5 Å². The lowest BCUT2D eigenvalue weighted by Crippen LogP contribution is -2.54. The molecule has 3 saturated heterocycles. The molecule has 14 nitrogen and oxygen atoms in total. The quantitative estimate of drug-likeness (QED) is 0.133. The summed E-state index contributed by atoms with van der Waals surface area (Å²) in [6.45, 7) is 1.56. The average Bonchev–Trinajstić information content (AvgIpc) is 3.60. The number of aromatic hydroxyl groups is 1. The Kier molecular flexibility index (Phi) is 9.97. The maximum atomic E-state index is 13.2. The lowest BCUT2D eigenvalue weighted by atomic mass is 10.0. The number of likely N-dealkylation sites (N-methyl/N-ethyl adjacent to an activating group) is 1. The van der Waals surface area contributed by atoms with Crippen LogP contribution in [-0.4, -0.2) is 83.3 Å². The molecule has 3 atom stereocenters. The molecule has 0 saturated carbocycles. The average molecular weight is 745 g/mol. The number of hydrogen-bond acceptors (Lipinski definition) is 11. The number of piperazine rings is 1. The molecule has 3 aliphatic rings. The summed E-state index contributed by atoms with van der Waals surface area (Å²) in [6.07, 6.45) is 14.1. The molecule has 2 aromatic carbocycles. The molecule has 3 N–H and O–H groups in total. The van der Waals surface area contributed by atoms with E-state index in [4.69, 9.17) is 15.7 Å². The molecule has 3 unspecified atom stereocenters. The number of rotatable bonds is 12. The minimum absolute atomic E-state index is 0.161. The fraction of sp³-hybridized carbons (Fsp3) is 0.439. The Balaban J connectivity index is 0.798. The summed E-state index contributed by atoms with van der Waals surface area (Å²) in [7, 11) is 3.23. The van der Waals surface area contributed by atoms with E-state index in [2.05, 4.69) is 32.1 Å². The van der Waals surface area contributed by atoms with E-state index in [1.54, 1.807) is 28.3 Å². The Hall–Kier alpha value is -5.79. The molecule has 6 heterocycles. The van der Waals surface area contributed by atoms with Gasteiger partial charge in [0.15, 0.2) is 5.82 Å². The number of imidazole rings is 1. The number of benzene rings is 2. The van der Waals surface area contributed by atoms with Gasteiger partial charge >= 0.3 is 5.69 Å². The van der Waals surface area contributed by atoms with Crippen molar-refractivity contribution in [1.29, 1.82) is 0 Å². The van der Waals surface area contributed by atoms with Crippen molar-refractivity contribution < 1.29 is 14.7 Å². The predicted molar refractivity (Wildman–Crippen MR) is 211 cm³/mol. The monoisotopic (exact) mass is 744 g/mol. The number of hydrogen-bond donors (Lipinski definition) is 2. The third-order valence-electron chi connectivity index (χ3n) is 11.7. The molecule has 5 aromatic rings. The highest BCUT2D eigenvalue weighted by molar-refractivity contribution is 5.99. The van der Waals surface area contributed by atoms with Gasteiger partial charge < -0.3 is 20.6 Å². The van der Waals surface area contributed by atoms with Gasteiger partial charge in [0.2, 0.25) is 11.9 Å². The maximum Gasteiger partial charge on any atom is 0.329 e. The van der Waals surface area contributed by atoms with E-state index in [1.165, 1.54) is 12.6 Å². The molecule has 3 aromatic heterocycles. The second kappa shape index (κ2) is 15.2. The first-order valence-corrected chi connectivity index (χ1v) is 19.4. The number of fused-ring (bicyclic) bond motifs is 3. The van der Waals surface area contributed by atoms with Gasteiger partial charge in [-0.3, -0.25) is 23.6 Å². The molecule has 14 heteroatoms. The van der Waals surface area contributed by atoms with Gasteiger partial charge in [0.1, 0.15) is 11.8 Å². The highest BCUT2D eigenvalue weighted by atomic mass is 16.3. The summed E-state index contributed by atoms with van der Waals surface area (Å²) in [5.74, 6) is 0.798. The van der Waals surface area contributed by atoms with E-state index in [0.29, 0.717) is 23.5 Å². The van der Waals surface area contributed by atoms with Crippen LogP contribution in [0.3, 0.4) is 0 Å². The van der Waals surface area contributed by atoms with Gasteiger partial charge in [-0.15, -0.1) is 10.2 Å². The lowest BCUT2D eigenvalue weighted by Gasteiger charge is -2.42. The van der Waals surface area contributed by atoms with Gasteiger partial charge in [0, 0.05) is 63.6 Å². The number of aryl methyl sites for hydroxylation is 3. The number of nitrogens with two attached hydrogens (primary N) is 1. The summed E-state index contributed by atoms with van der Waals surface area (Å²) in [4.78, 5) is 53.5. The van der Waals surface area contributed by atoms with Crippen molar-refractivity contribution in [3.63, 3.8) is 0 Å². The molecule has 8 rings (SSSR count). The lowest BCUT2D eigenvalue weighted by molar-refractivity contribution is -0.149. The number of carbonyl (C=O) groups excluding carboxylic acids is 2. The Morgan fingerprint density at radius 1 is 0.800 bits per heavy atom. The Labute approximate surface area is 319 Å². The van der Waals surface area contributed by atoms with Crippen molar-refractivity contribution in [2.45, 2.75) is 88.8 Å². The van der Waals surface area contributed by atoms with Crippen LogP contribution in [0.4, 0.5) is 17.5 Å². The zero-order valence-electron chi connectivity index (χ0n) is 31.5. The number of imide groups is 1. The van der Waals surface area contributed by atoms with Crippen LogP contribution >= 0.6 is 0 Å². The second-order valence-corrected chi connectivity index (χ2v) is 15.3. The number of anilines is 3. The normalized spacial score (nSPS) is 19.9. The number of unbranched alkanes of at least 4 members (excludes halogenated alkanes) is 4. The second-order valence-electron chi connectivity index (χ2n) is 15.3. The summed E-state index contributed by atoms with van der Waals surface area (Å²) in [5.41, 5.74) is 12.0. The van der Waals surface area contributed by atoms with E-state index in [0.717, 1.165) is 104 Å². The number of amides is 2. The number of phenolic OH excluding ortho intramolecular Hbond substituents is 1. The summed E-state index contributed by atoms with van der Waals surface area (Å²) in [6, 6.07) is 15.0. The molecule has 0 spiro atoms. The van der Waals surface area contributed by atoms with Gasteiger partial charge in [-0.05, 0) is 86.4 Å². The molecule has 0 aliphatic carbocycles. The van der Waals surface area contributed by atoms with Crippen LogP contribution in [-0.2, 0) is 29.5 Å². The largest absolute Gasteiger partial charge is 0.507 e. The van der Waals surface area contributed by atoms with Crippen molar-refractivity contribution in [1.82, 2.24) is 34.2 Å². The number of aromatic nitrogens is 6. The maximum absolute atomic E-state index is 13.2. The number of nitrogens with zero attached hydrogens (tertiary/aromatic N) is 9. The van der Waals surface area contributed by atoms with Crippen molar-refractivity contribution in [2.24, 2.45) is 7.05 Å². The highest BCUT2D eigenvalue weighted by Crippen LogP contribution is 2.38. The van der Waals surface area contributed by atoms with Crippen molar-refractivity contribution in [2.75, 3.05) is 35.7 Å². The zero-order chi connectivity index (χ0) is 38.2. The first-order chi connectivity index (χ1) is 26.7. The smallest absolute Gasteiger partial charge is 0.329 e. The molecule has 3 aliphatic heterocycles. The third-order valence-corrected chi connectivity index (χ3v) is 11.7. The predicted octanol–water partition coefficient (Wildman–Crippen LogP) is 4.79. The molecule has 3 fully saturated rings. The number of para-hydroxylation sites is 1. The van der Waals surface area contributed by atoms with Gasteiger partial charge in [-0.1, -0.05) is 37.5 Å². The van der Waals surface area contributed by atoms with Crippen LogP contribution in [0.2, 0.25) is 0 Å². The minimum Gasteiger partial charge on any atom is -0.507 e. The van der Waals surface area contributed by atoms with Crippen LogP contribution in [0.15, 0.2) is 65.7 Å². The van der Waals surface area contributed by atoms with Gasteiger partial charge in [-0.2, -0.15) is 0 Å². The van der Waals surface area contributed by atoms with Crippen LogP contribution in [0.1, 0.15) is 75.0 Å². The summed E-state index contributed by atoms with van der Waals surface area (Å²) in [5, 5.41) is 18.8. The Morgan fingerprint density at radius 2 is 1.49 bits per heavy atom.